The lowest BCUT2D eigenvalue weighted by atomic mass is 10.2. The Bertz CT molecular complexity index is 1020. The van der Waals surface area contributed by atoms with Gasteiger partial charge >= 0.3 is 0 Å². The normalized spacial score (nSPS) is 10.6. The van der Waals surface area contributed by atoms with Gasteiger partial charge in [-0.15, -0.1) is 0 Å². The highest BCUT2D eigenvalue weighted by Crippen LogP contribution is 2.20. The Morgan fingerprint density at radius 2 is 1.96 bits per heavy atom. The second kappa shape index (κ2) is 7.55. The number of aryl methyl sites for hydroxylation is 1. The van der Waals surface area contributed by atoms with Crippen LogP contribution in [0.15, 0.2) is 48.5 Å². The highest BCUT2D eigenvalue weighted by molar-refractivity contribution is 6.31. The number of halogens is 2. The average molecular weight is 389 g/mol. The molecule has 7 nitrogen and oxygen atoms in total. The first-order chi connectivity index (χ1) is 12.8. The van der Waals surface area contributed by atoms with E-state index < -0.39 is 16.6 Å². The molecule has 0 radical (unpaired) electrons. The maximum atomic E-state index is 13.2. The van der Waals surface area contributed by atoms with E-state index in [1.807, 2.05) is 6.92 Å². The van der Waals surface area contributed by atoms with Crippen molar-refractivity contribution in [2.75, 3.05) is 5.32 Å². The molecule has 9 heteroatoms. The van der Waals surface area contributed by atoms with E-state index in [4.69, 9.17) is 11.6 Å². The van der Waals surface area contributed by atoms with Crippen LogP contribution in [0.2, 0.25) is 5.02 Å². The van der Waals surface area contributed by atoms with Crippen LogP contribution in [0.3, 0.4) is 0 Å². The summed E-state index contributed by atoms with van der Waals surface area (Å²) < 4.78 is 14.8. The molecule has 138 valence electrons. The minimum absolute atomic E-state index is 0.0946. The van der Waals surface area contributed by atoms with E-state index in [0.717, 1.165) is 5.69 Å². The fourth-order valence-corrected chi connectivity index (χ4v) is 2.69. The molecule has 0 aliphatic carbocycles. The molecular formula is C18H14ClFN4O3. The molecule has 1 N–H and O–H groups in total. The van der Waals surface area contributed by atoms with Crippen molar-refractivity contribution >= 4 is 29.0 Å². The van der Waals surface area contributed by atoms with E-state index in [0.29, 0.717) is 22.9 Å². The van der Waals surface area contributed by atoms with Gasteiger partial charge in [0.2, 0.25) is 0 Å². The third-order valence-corrected chi connectivity index (χ3v) is 4.25. The number of nitro benzene ring substituents is 1. The molecule has 0 saturated heterocycles. The summed E-state index contributed by atoms with van der Waals surface area (Å²) in [7, 11) is 0. The molecule has 0 aliphatic rings. The number of carbonyl (C=O) groups is 1. The summed E-state index contributed by atoms with van der Waals surface area (Å²) in [5.74, 6) is -0.527. The van der Waals surface area contributed by atoms with Crippen LogP contribution in [0.5, 0.6) is 0 Å². The van der Waals surface area contributed by atoms with Gasteiger partial charge in [0.15, 0.2) is 5.82 Å². The summed E-state index contributed by atoms with van der Waals surface area (Å²) in [6.07, 6.45) is 0. The minimum atomic E-state index is -0.534. The molecule has 0 unspecified atom stereocenters. The van der Waals surface area contributed by atoms with Gasteiger partial charge in [-0.2, -0.15) is 5.10 Å². The van der Waals surface area contributed by atoms with E-state index in [1.54, 1.807) is 16.8 Å². The van der Waals surface area contributed by atoms with Gasteiger partial charge in [-0.1, -0.05) is 17.7 Å². The standard InChI is InChI=1S/C18H14ClFN4O3/c1-11-8-17(21-18(25)12-3-6-15(7-4-12)24(26)27)22-23(11)10-13-2-5-14(20)9-16(13)19/h2-9H,10H2,1H3,(H,21,22,25). The van der Waals surface area contributed by atoms with E-state index in [1.165, 1.54) is 36.4 Å². The smallest absolute Gasteiger partial charge is 0.269 e. The molecule has 0 aliphatic heterocycles. The third-order valence-electron chi connectivity index (χ3n) is 3.90. The predicted octanol–water partition coefficient (Wildman–Crippen LogP) is 4.19. The average Bonchev–Trinajstić information content (AvgIpc) is 2.96. The van der Waals surface area contributed by atoms with Crippen molar-refractivity contribution in [1.82, 2.24) is 9.78 Å². The highest BCUT2D eigenvalue weighted by Gasteiger charge is 2.13. The van der Waals surface area contributed by atoms with Crippen LogP contribution in [0, 0.1) is 22.9 Å². The lowest BCUT2D eigenvalue weighted by molar-refractivity contribution is -0.384. The maximum Gasteiger partial charge on any atom is 0.269 e. The summed E-state index contributed by atoms with van der Waals surface area (Å²) in [4.78, 5) is 22.4. The van der Waals surface area contributed by atoms with E-state index >= 15 is 0 Å². The zero-order valence-electron chi connectivity index (χ0n) is 14.1. The van der Waals surface area contributed by atoms with Crippen LogP contribution in [-0.4, -0.2) is 20.6 Å². The van der Waals surface area contributed by atoms with Crippen LogP contribution >= 0.6 is 11.6 Å². The van der Waals surface area contributed by atoms with Gasteiger partial charge in [0, 0.05) is 34.5 Å². The number of rotatable bonds is 5. The second-order valence-corrected chi connectivity index (χ2v) is 6.23. The van der Waals surface area contributed by atoms with Gasteiger partial charge in [0.25, 0.3) is 11.6 Å². The molecule has 0 atom stereocenters. The number of carbonyl (C=O) groups excluding carboxylic acids is 1. The number of benzene rings is 2. The monoisotopic (exact) mass is 388 g/mol. The first-order valence-electron chi connectivity index (χ1n) is 7.87. The molecular weight excluding hydrogens is 375 g/mol. The minimum Gasteiger partial charge on any atom is -0.305 e. The molecule has 3 rings (SSSR count). The highest BCUT2D eigenvalue weighted by atomic mass is 35.5. The topological polar surface area (TPSA) is 90.1 Å². The third kappa shape index (κ3) is 4.29. The van der Waals surface area contributed by atoms with Gasteiger partial charge in [0.05, 0.1) is 11.5 Å². The molecule has 0 bridgehead atoms. The van der Waals surface area contributed by atoms with Crippen molar-refractivity contribution in [2.45, 2.75) is 13.5 Å². The molecule has 1 amide bonds. The van der Waals surface area contributed by atoms with Crippen LogP contribution in [0.25, 0.3) is 0 Å². The fourth-order valence-electron chi connectivity index (χ4n) is 2.47. The Hall–Kier alpha value is -3.26. The number of nitrogens with zero attached hydrogens (tertiary/aromatic N) is 3. The Kier molecular flexibility index (Phi) is 5.18. The number of nitro groups is 1. The molecule has 27 heavy (non-hydrogen) atoms. The van der Waals surface area contributed by atoms with Crippen molar-refractivity contribution in [3.63, 3.8) is 0 Å². The van der Waals surface area contributed by atoms with E-state index in [9.17, 15) is 19.3 Å². The summed E-state index contributed by atoms with van der Waals surface area (Å²) in [5, 5.41) is 17.9. The van der Waals surface area contributed by atoms with Crippen molar-refractivity contribution < 1.29 is 14.1 Å². The first kappa shape index (κ1) is 18.5. The zero-order valence-corrected chi connectivity index (χ0v) is 14.9. The number of non-ortho nitro benzene ring substituents is 1. The summed E-state index contributed by atoms with van der Waals surface area (Å²) in [6, 6.07) is 11.1. The van der Waals surface area contributed by atoms with Crippen LogP contribution in [0.4, 0.5) is 15.9 Å². The van der Waals surface area contributed by atoms with Crippen molar-refractivity contribution in [3.05, 3.63) is 86.3 Å². The van der Waals surface area contributed by atoms with E-state index in [2.05, 4.69) is 10.4 Å². The van der Waals surface area contributed by atoms with Crippen LogP contribution < -0.4 is 5.32 Å². The zero-order chi connectivity index (χ0) is 19.6. The number of nitrogens with one attached hydrogen (secondary N) is 1. The summed E-state index contributed by atoms with van der Waals surface area (Å²) in [6.45, 7) is 2.13. The lowest BCUT2D eigenvalue weighted by Gasteiger charge is -2.07. The predicted molar refractivity (Wildman–Crippen MR) is 98.5 cm³/mol. The fraction of sp³-hybridized carbons (Fsp3) is 0.111. The van der Waals surface area contributed by atoms with Crippen LogP contribution in [0.1, 0.15) is 21.6 Å². The van der Waals surface area contributed by atoms with Gasteiger partial charge < -0.3 is 5.32 Å². The molecule has 1 aromatic heterocycles. The quantitative estimate of drug-likeness (QED) is 0.524. The molecule has 3 aromatic rings. The molecule has 1 heterocycles. The van der Waals surface area contributed by atoms with Gasteiger partial charge in [-0.3, -0.25) is 19.6 Å². The van der Waals surface area contributed by atoms with Crippen LogP contribution in [-0.2, 0) is 6.54 Å². The lowest BCUT2D eigenvalue weighted by Crippen LogP contribution is -2.13. The SMILES string of the molecule is Cc1cc(NC(=O)c2ccc([N+](=O)[O-])cc2)nn1Cc1ccc(F)cc1Cl. The molecule has 2 aromatic carbocycles. The Labute approximate surface area is 158 Å². The Morgan fingerprint density at radius 3 is 2.59 bits per heavy atom. The summed E-state index contributed by atoms with van der Waals surface area (Å²) in [5.41, 5.74) is 1.64. The largest absolute Gasteiger partial charge is 0.305 e. The number of hydrogen-bond donors (Lipinski definition) is 1. The van der Waals surface area contributed by atoms with Gasteiger partial charge in [-0.25, -0.2) is 4.39 Å². The van der Waals surface area contributed by atoms with Crippen molar-refractivity contribution in [1.29, 1.82) is 0 Å². The first-order valence-corrected chi connectivity index (χ1v) is 8.25. The van der Waals surface area contributed by atoms with Crippen molar-refractivity contribution in [3.8, 4) is 0 Å². The number of amides is 1. The molecule has 0 fully saturated rings. The van der Waals surface area contributed by atoms with Gasteiger partial charge in [-0.05, 0) is 36.8 Å². The molecule has 0 spiro atoms. The van der Waals surface area contributed by atoms with Crippen molar-refractivity contribution in [2.24, 2.45) is 0 Å². The van der Waals surface area contributed by atoms with E-state index in [-0.39, 0.29) is 11.3 Å². The number of hydrogen-bond acceptors (Lipinski definition) is 4. The van der Waals surface area contributed by atoms with Gasteiger partial charge in [0.1, 0.15) is 5.82 Å². The molecule has 0 saturated carbocycles. The summed E-state index contributed by atoms with van der Waals surface area (Å²) >= 11 is 6.04. The Balaban J connectivity index is 1.74. The number of aromatic nitrogens is 2. The maximum absolute atomic E-state index is 13.2. The number of anilines is 1. The Morgan fingerprint density at radius 1 is 1.26 bits per heavy atom. The second-order valence-electron chi connectivity index (χ2n) is 5.82.